The van der Waals surface area contributed by atoms with Crippen molar-refractivity contribution in [2.45, 2.75) is 12.1 Å². The van der Waals surface area contributed by atoms with Crippen molar-refractivity contribution in [2.75, 3.05) is 4.90 Å². The van der Waals surface area contributed by atoms with E-state index in [1.807, 2.05) is 6.07 Å². The van der Waals surface area contributed by atoms with Gasteiger partial charge < -0.3 is 10.0 Å². The van der Waals surface area contributed by atoms with Gasteiger partial charge in [0.1, 0.15) is 5.82 Å². The lowest BCUT2D eigenvalue weighted by atomic mass is 9.88. The molecule has 3 aromatic rings. The van der Waals surface area contributed by atoms with E-state index >= 15 is 0 Å². The van der Waals surface area contributed by atoms with Gasteiger partial charge >= 0.3 is 0 Å². The van der Waals surface area contributed by atoms with E-state index in [1.54, 1.807) is 66.7 Å². The summed E-state index contributed by atoms with van der Waals surface area (Å²) in [5, 5.41) is 11.3. The van der Waals surface area contributed by atoms with Gasteiger partial charge in [-0.3, -0.25) is 4.79 Å². The molecule has 1 heterocycles. The van der Waals surface area contributed by atoms with Crippen LogP contribution in [0.1, 0.15) is 16.7 Å². The summed E-state index contributed by atoms with van der Waals surface area (Å²) >= 11 is 0. The highest BCUT2D eigenvalue weighted by Crippen LogP contribution is 2.44. The molecule has 3 nitrogen and oxygen atoms in total. The maximum atomic E-state index is 14.1. The van der Waals surface area contributed by atoms with Gasteiger partial charge in [-0.15, -0.1) is 0 Å². The van der Waals surface area contributed by atoms with E-state index in [1.165, 1.54) is 11.0 Å². The van der Waals surface area contributed by atoms with Gasteiger partial charge in [-0.1, -0.05) is 66.7 Å². The molecule has 25 heavy (non-hydrogen) atoms. The molecule has 0 fully saturated rings. The summed E-state index contributed by atoms with van der Waals surface area (Å²) in [5.41, 5.74) is 0.263. The molecule has 0 spiro atoms. The van der Waals surface area contributed by atoms with Crippen LogP contribution in [0.2, 0.25) is 0 Å². The number of benzene rings is 3. The van der Waals surface area contributed by atoms with Crippen LogP contribution in [-0.4, -0.2) is 11.0 Å². The Labute approximate surface area is 145 Å². The van der Waals surface area contributed by atoms with Gasteiger partial charge in [0.05, 0.1) is 12.2 Å². The largest absolute Gasteiger partial charge is 0.372 e. The molecule has 4 rings (SSSR count). The maximum absolute atomic E-state index is 14.1. The Morgan fingerprint density at radius 2 is 1.52 bits per heavy atom. The topological polar surface area (TPSA) is 40.5 Å². The molecule has 1 amide bonds. The van der Waals surface area contributed by atoms with E-state index in [0.717, 1.165) is 0 Å². The van der Waals surface area contributed by atoms with Gasteiger partial charge in [0.25, 0.3) is 5.91 Å². The number of aliphatic hydroxyl groups is 1. The van der Waals surface area contributed by atoms with Crippen molar-refractivity contribution in [1.29, 1.82) is 0 Å². The number of carbonyl (C=O) groups excluding carboxylic acids is 1. The van der Waals surface area contributed by atoms with Crippen LogP contribution < -0.4 is 4.90 Å². The SMILES string of the molecule is O=C1N(Cc2ccccc2F)c2ccccc2[C@]1(O)c1ccccc1. The van der Waals surface area contributed by atoms with Crippen LogP contribution in [0.5, 0.6) is 0 Å². The highest BCUT2D eigenvalue weighted by Gasteiger charge is 2.50. The van der Waals surface area contributed by atoms with E-state index in [2.05, 4.69) is 0 Å². The quantitative estimate of drug-likeness (QED) is 0.795. The van der Waals surface area contributed by atoms with Gasteiger partial charge in [-0.2, -0.15) is 0 Å². The summed E-state index contributed by atoms with van der Waals surface area (Å²) in [7, 11) is 0. The zero-order valence-corrected chi connectivity index (χ0v) is 13.4. The lowest BCUT2D eigenvalue weighted by Gasteiger charge is -2.24. The number of para-hydroxylation sites is 1. The van der Waals surface area contributed by atoms with E-state index in [9.17, 15) is 14.3 Å². The highest BCUT2D eigenvalue weighted by molar-refractivity contribution is 6.09. The van der Waals surface area contributed by atoms with Crippen molar-refractivity contribution in [2.24, 2.45) is 0 Å². The first-order valence-electron chi connectivity index (χ1n) is 8.05. The minimum Gasteiger partial charge on any atom is -0.372 e. The molecule has 124 valence electrons. The molecule has 0 unspecified atom stereocenters. The second-order valence-electron chi connectivity index (χ2n) is 6.08. The first-order valence-corrected chi connectivity index (χ1v) is 8.05. The number of amides is 1. The van der Waals surface area contributed by atoms with Crippen molar-refractivity contribution in [3.8, 4) is 0 Å². The van der Waals surface area contributed by atoms with Crippen LogP contribution in [0.15, 0.2) is 78.9 Å². The minimum atomic E-state index is -1.76. The van der Waals surface area contributed by atoms with Gasteiger partial charge in [0.15, 0.2) is 5.60 Å². The zero-order chi connectivity index (χ0) is 17.4. The van der Waals surface area contributed by atoms with E-state index in [-0.39, 0.29) is 12.4 Å². The monoisotopic (exact) mass is 333 g/mol. The first kappa shape index (κ1) is 15.5. The van der Waals surface area contributed by atoms with Crippen LogP contribution in [0.3, 0.4) is 0 Å². The molecule has 0 radical (unpaired) electrons. The number of fused-ring (bicyclic) bond motifs is 1. The van der Waals surface area contributed by atoms with Crippen molar-refractivity contribution in [3.05, 3.63) is 101 Å². The predicted molar refractivity (Wildman–Crippen MR) is 93.5 cm³/mol. The average molecular weight is 333 g/mol. The van der Waals surface area contributed by atoms with E-state index in [0.29, 0.717) is 22.4 Å². The summed E-state index contributed by atoms with van der Waals surface area (Å²) in [6.45, 7) is 0.0671. The fourth-order valence-electron chi connectivity index (χ4n) is 3.35. The van der Waals surface area contributed by atoms with E-state index in [4.69, 9.17) is 0 Å². The third-order valence-corrected chi connectivity index (χ3v) is 4.62. The molecular formula is C21H16FNO2. The summed E-state index contributed by atoms with van der Waals surface area (Å²) in [6, 6.07) is 22.3. The Morgan fingerprint density at radius 1 is 0.880 bits per heavy atom. The number of hydrogen-bond acceptors (Lipinski definition) is 2. The van der Waals surface area contributed by atoms with Gasteiger partial charge in [-0.25, -0.2) is 4.39 Å². The second-order valence-corrected chi connectivity index (χ2v) is 6.08. The summed E-state index contributed by atoms with van der Waals surface area (Å²) < 4.78 is 14.1. The summed E-state index contributed by atoms with van der Waals surface area (Å²) in [4.78, 5) is 14.6. The van der Waals surface area contributed by atoms with Gasteiger partial charge in [0.2, 0.25) is 0 Å². The molecule has 1 N–H and O–H groups in total. The molecule has 3 aromatic carbocycles. The second kappa shape index (κ2) is 5.83. The van der Waals surface area contributed by atoms with Crippen molar-refractivity contribution in [3.63, 3.8) is 0 Å². The van der Waals surface area contributed by atoms with Crippen LogP contribution in [0.4, 0.5) is 10.1 Å². The number of carbonyl (C=O) groups is 1. The van der Waals surface area contributed by atoms with Crippen LogP contribution in [-0.2, 0) is 16.9 Å². The van der Waals surface area contributed by atoms with Crippen LogP contribution in [0.25, 0.3) is 0 Å². The molecule has 4 heteroatoms. The highest BCUT2D eigenvalue weighted by atomic mass is 19.1. The number of nitrogens with zero attached hydrogens (tertiary/aromatic N) is 1. The summed E-state index contributed by atoms with van der Waals surface area (Å²) in [5.74, 6) is -0.842. The molecule has 0 bridgehead atoms. The summed E-state index contributed by atoms with van der Waals surface area (Å²) in [6.07, 6.45) is 0. The molecule has 0 aromatic heterocycles. The Bertz CT molecular complexity index is 941. The zero-order valence-electron chi connectivity index (χ0n) is 13.4. The number of anilines is 1. The molecular weight excluding hydrogens is 317 g/mol. The molecule has 0 saturated heterocycles. The van der Waals surface area contributed by atoms with Crippen molar-refractivity contribution in [1.82, 2.24) is 0 Å². The normalized spacial score (nSPS) is 19.1. The minimum absolute atomic E-state index is 0.0671. The van der Waals surface area contributed by atoms with Crippen molar-refractivity contribution < 1.29 is 14.3 Å². The lowest BCUT2D eigenvalue weighted by molar-refractivity contribution is -0.132. The Hall–Kier alpha value is -2.98. The molecule has 1 aliphatic heterocycles. The fraction of sp³-hybridized carbons (Fsp3) is 0.0952. The molecule has 0 saturated carbocycles. The van der Waals surface area contributed by atoms with Gasteiger partial charge in [-0.05, 0) is 17.7 Å². The number of rotatable bonds is 3. The number of hydrogen-bond donors (Lipinski definition) is 1. The lowest BCUT2D eigenvalue weighted by Crippen LogP contribution is -2.41. The maximum Gasteiger partial charge on any atom is 0.268 e. The Kier molecular flexibility index (Phi) is 3.62. The van der Waals surface area contributed by atoms with Crippen LogP contribution >= 0.6 is 0 Å². The predicted octanol–water partition coefficient (Wildman–Crippen LogP) is 3.61. The van der Waals surface area contributed by atoms with Crippen molar-refractivity contribution >= 4 is 11.6 Å². The molecule has 1 atom stereocenters. The van der Waals surface area contributed by atoms with Crippen LogP contribution in [0, 0.1) is 5.82 Å². The standard InChI is InChI=1S/C21H16FNO2/c22-18-12-6-4-8-15(18)14-23-19-13-7-5-11-17(19)21(25,20(23)24)16-9-2-1-3-10-16/h1-13,25H,14H2/t21-/m1/s1. The fourth-order valence-corrected chi connectivity index (χ4v) is 3.35. The first-order chi connectivity index (χ1) is 12.1. The smallest absolute Gasteiger partial charge is 0.268 e. The van der Waals surface area contributed by atoms with Gasteiger partial charge in [0, 0.05) is 11.1 Å². The van der Waals surface area contributed by atoms with E-state index < -0.39 is 11.5 Å². The Morgan fingerprint density at radius 3 is 2.28 bits per heavy atom. The molecule has 0 aliphatic carbocycles. The number of halogens is 1. The molecule has 1 aliphatic rings. The average Bonchev–Trinajstić information content (AvgIpc) is 2.87. The Balaban J connectivity index is 1.83. The third-order valence-electron chi connectivity index (χ3n) is 4.62. The third kappa shape index (κ3) is 2.34.